The van der Waals surface area contributed by atoms with Crippen LogP contribution >= 0.6 is 23.5 Å². The fourth-order valence-corrected chi connectivity index (χ4v) is 10.4. The minimum Gasteiger partial charge on any atom is -0.508 e. The lowest BCUT2D eigenvalue weighted by molar-refractivity contribution is -0.138. The number of phenolic OH excluding ortho intramolecular Hbond substituents is 1. The van der Waals surface area contributed by atoms with Crippen LogP contribution in [0.25, 0.3) is 10.9 Å². The Morgan fingerprint density at radius 1 is 0.522 bits per heavy atom. The molecular weight excluding hydrogens is 1230 g/mol. The van der Waals surface area contributed by atoms with Crippen LogP contribution in [0.3, 0.4) is 0 Å². The van der Waals surface area contributed by atoms with Gasteiger partial charge in [0.15, 0.2) is 0 Å². The lowest BCUT2D eigenvalue weighted by Crippen LogP contribution is -2.61. The Morgan fingerprint density at radius 2 is 1.00 bits per heavy atom. The number of aliphatic hydroxyl groups is 1. The van der Waals surface area contributed by atoms with Crippen molar-refractivity contribution < 1.29 is 68.1 Å². The molecule has 17 N–H and O–H groups in total. The fourth-order valence-electron chi connectivity index (χ4n) is 9.51. The van der Waals surface area contributed by atoms with Gasteiger partial charge in [0.1, 0.15) is 66.7 Å². The van der Waals surface area contributed by atoms with Crippen LogP contribution in [0.4, 0.5) is 0 Å². The van der Waals surface area contributed by atoms with Crippen molar-refractivity contribution >= 4 is 99.5 Å². The summed E-state index contributed by atoms with van der Waals surface area (Å²) in [5.74, 6) is -8.93. The van der Waals surface area contributed by atoms with Gasteiger partial charge in [-0.15, -0.1) is 0 Å². The highest BCUT2D eigenvalue weighted by atomic mass is 32.2. The number of H-pyrrole nitrogens is 2. The smallest absolute Gasteiger partial charge is 0.322 e. The molecule has 0 unspecified atom stereocenters. The number of carboxylic acids is 1. The number of nitrogens with one attached hydrogen (secondary N) is 12. The molecule has 0 aliphatic heterocycles. The number of aromatic nitrogens is 3. The average molecular weight is 1310 g/mol. The number of nitrogens with two attached hydrogens (primary N) is 1. The Morgan fingerprint density at radius 3 is 1.55 bits per heavy atom. The number of imidazole rings is 1. The Balaban J connectivity index is 1.27. The maximum atomic E-state index is 14.5. The zero-order chi connectivity index (χ0) is 67.4. The number of aromatic amines is 2. The highest BCUT2D eigenvalue weighted by Gasteiger charge is 2.35. The van der Waals surface area contributed by atoms with Gasteiger partial charge in [-0.05, 0) is 104 Å². The number of thioether (sulfide) groups is 2. The molecule has 2 aromatic heterocycles. The lowest BCUT2D eigenvalue weighted by Gasteiger charge is -2.28. The number of phenols is 1. The number of rotatable bonds is 38. The summed E-state index contributed by atoms with van der Waals surface area (Å²) in [4.78, 5) is 160. The second-order valence-electron chi connectivity index (χ2n) is 22.4. The van der Waals surface area contributed by atoms with Crippen molar-refractivity contribution in [2.75, 3.05) is 37.2 Å². The number of carbonyl (C=O) groups excluding carboxylic acids is 10. The van der Waals surface area contributed by atoms with Crippen LogP contribution in [0.5, 0.6) is 5.75 Å². The lowest BCUT2D eigenvalue weighted by atomic mass is 10.0. The van der Waals surface area contributed by atoms with Gasteiger partial charge in [0, 0.05) is 48.3 Å². The van der Waals surface area contributed by atoms with Crippen molar-refractivity contribution in [3.05, 3.63) is 120 Å². The summed E-state index contributed by atoms with van der Waals surface area (Å²) in [6, 6.07) is 8.76. The summed E-state index contributed by atoms with van der Waals surface area (Å²) in [6.45, 7) is 4.52. The zero-order valence-electron chi connectivity index (χ0n) is 52.0. The molecule has 10 amide bonds. The van der Waals surface area contributed by atoms with Crippen molar-refractivity contribution in [2.45, 2.75) is 133 Å². The van der Waals surface area contributed by atoms with E-state index in [-0.39, 0.29) is 56.6 Å². The number of amides is 10. The third kappa shape index (κ3) is 24.0. The van der Waals surface area contributed by atoms with E-state index in [1.54, 1.807) is 74.8 Å². The summed E-state index contributed by atoms with van der Waals surface area (Å²) in [5, 5.41) is 55.9. The van der Waals surface area contributed by atoms with Crippen LogP contribution < -0.4 is 58.9 Å². The van der Waals surface area contributed by atoms with Gasteiger partial charge in [-0.25, -0.2) is 4.98 Å². The van der Waals surface area contributed by atoms with Gasteiger partial charge in [0.05, 0.1) is 19.0 Å². The van der Waals surface area contributed by atoms with E-state index in [0.717, 1.165) is 10.9 Å². The monoisotopic (exact) mass is 1310 g/mol. The van der Waals surface area contributed by atoms with E-state index < -0.39 is 139 Å². The quantitative estimate of drug-likeness (QED) is 0.0233. The van der Waals surface area contributed by atoms with Gasteiger partial charge in [-0.3, -0.25) is 52.7 Å². The van der Waals surface area contributed by atoms with Crippen LogP contribution in [0.15, 0.2) is 97.6 Å². The number of carboxylic acid groups (broad SMARTS) is 1. The summed E-state index contributed by atoms with van der Waals surface area (Å²) in [5.41, 5.74) is 9.30. The Kier molecular flexibility index (Phi) is 29.9. The van der Waals surface area contributed by atoms with Crippen molar-refractivity contribution in [1.29, 1.82) is 0 Å². The van der Waals surface area contributed by atoms with Crippen LogP contribution in [0.1, 0.15) is 69.3 Å². The number of hydrogen-bond donors (Lipinski definition) is 16. The first-order valence-electron chi connectivity index (χ1n) is 29.8. The third-order valence-corrected chi connectivity index (χ3v) is 15.8. The van der Waals surface area contributed by atoms with E-state index in [9.17, 15) is 68.1 Å². The molecule has 0 saturated carbocycles. The highest BCUT2D eigenvalue weighted by Crippen LogP contribution is 2.20. The third-order valence-electron chi connectivity index (χ3n) is 14.5. The molecular formula is C62H84N14O14S2. The van der Waals surface area contributed by atoms with Gasteiger partial charge in [-0.1, -0.05) is 74.5 Å². The summed E-state index contributed by atoms with van der Waals surface area (Å²) >= 11 is 2.77. The minimum atomic E-state index is -1.68. The van der Waals surface area contributed by atoms with E-state index in [4.69, 9.17) is 5.73 Å². The molecule has 5 rings (SSSR count). The van der Waals surface area contributed by atoms with E-state index in [1.807, 2.05) is 24.5 Å². The van der Waals surface area contributed by atoms with Gasteiger partial charge in [0.25, 0.3) is 0 Å². The molecule has 0 fully saturated rings. The number of para-hydroxylation sites is 1. The van der Waals surface area contributed by atoms with Crippen LogP contribution in [-0.4, -0.2) is 193 Å². The summed E-state index contributed by atoms with van der Waals surface area (Å²) in [6.07, 6.45) is 8.06. The first-order valence-corrected chi connectivity index (χ1v) is 32.6. The van der Waals surface area contributed by atoms with E-state index in [2.05, 4.69) is 68.1 Å². The Bertz CT molecular complexity index is 3280. The first-order chi connectivity index (χ1) is 43.9. The molecule has 5 aromatic rings. The molecule has 28 nitrogen and oxygen atoms in total. The number of hydrogen-bond acceptors (Lipinski definition) is 17. The number of aromatic hydroxyl groups is 1. The average Bonchev–Trinajstić information content (AvgIpc) is 1.68. The standard InChI is InChI=1S/C62H84N14O14S2/c1-34(2)24-47(73-62(90)51(32-77)76-54(82)36(4)69-60(88)50(28-40-30-64-33-67-40)75-57(85)45(20-22-91-5)70-55(83)43(63)25-38-16-18-41(78)19-17-38)61(89)71-46(21-23-92-6)58(86)74-49(27-39-29-65-44-15-11-10-14-42(39)44)59(87)68-35(3)53(81)72-48(56(84)66-31-52(79)80)26-37-12-8-7-9-13-37/h7-19,29-30,33-36,43,45-51,65,77-78H,20-28,31-32,63H2,1-6H3,(H,64,67)(H,66,84)(H,68,87)(H,69,88)(H,70,83)(H,71,89)(H,72,81)(H,73,90)(H,74,86)(H,75,85)(H,76,82)(H,79,80)/t35-,36-,43-,45-,46-,47-,48-,49-,50-,51-/m0/s1. The van der Waals surface area contributed by atoms with Crippen molar-refractivity contribution in [2.24, 2.45) is 11.7 Å². The number of aliphatic hydroxyl groups excluding tert-OH is 1. The summed E-state index contributed by atoms with van der Waals surface area (Å²) in [7, 11) is 0. The molecule has 0 bridgehead atoms. The predicted molar refractivity (Wildman–Crippen MR) is 346 cm³/mol. The number of aliphatic carboxylic acids is 1. The summed E-state index contributed by atoms with van der Waals surface area (Å²) < 4.78 is 0. The van der Waals surface area contributed by atoms with E-state index in [1.165, 1.54) is 62.0 Å². The fraction of sp³-hybridized carbons (Fsp3) is 0.452. The molecule has 0 saturated heterocycles. The normalized spacial score (nSPS) is 14.4. The molecule has 0 spiro atoms. The van der Waals surface area contributed by atoms with Crippen molar-refractivity contribution in [1.82, 2.24) is 68.1 Å². The van der Waals surface area contributed by atoms with E-state index in [0.29, 0.717) is 33.9 Å². The predicted octanol–water partition coefficient (Wildman–Crippen LogP) is -0.657. The maximum absolute atomic E-state index is 14.5. The molecule has 92 heavy (non-hydrogen) atoms. The van der Waals surface area contributed by atoms with Crippen LogP contribution in [0, 0.1) is 5.92 Å². The largest absolute Gasteiger partial charge is 0.508 e. The Labute approximate surface area is 540 Å². The van der Waals surface area contributed by atoms with Gasteiger partial charge >= 0.3 is 5.97 Å². The first kappa shape index (κ1) is 73.7. The van der Waals surface area contributed by atoms with Crippen LogP contribution in [-0.2, 0) is 78.4 Å². The van der Waals surface area contributed by atoms with Gasteiger partial charge < -0.3 is 84.2 Å². The Hall–Kier alpha value is -9.00. The molecule has 30 heteroatoms. The topological polar surface area (TPSA) is 439 Å². The molecule has 0 radical (unpaired) electrons. The molecule has 498 valence electrons. The second kappa shape index (κ2) is 37.4. The number of benzene rings is 3. The molecule has 2 heterocycles. The van der Waals surface area contributed by atoms with Crippen LogP contribution in [0.2, 0.25) is 0 Å². The molecule has 10 atom stereocenters. The molecule has 3 aromatic carbocycles. The second-order valence-corrected chi connectivity index (χ2v) is 24.4. The molecule has 0 aliphatic rings. The number of carbonyl (C=O) groups is 11. The van der Waals surface area contributed by atoms with Gasteiger partial charge in [-0.2, -0.15) is 23.5 Å². The number of nitrogens with zero attached hydrogens (tertiary/aromatic N) is 1. The highest BCUT2D eigenvalue weighted by molar-refractivity contribution is 7.98. The SMILES string of the molecule is CSCC[C@H](NC(=O)[C@H](CC(C)C)NC(=O)[C@H](CO)NC(=O)[C@H](C)NC(=O)[C@H](Cc1cnc[nH]1)NC(=O)[C@H](CCSC)NC(=O)[C@@H](N)Cc1ccc(O)cc1)C(=O)N[C@@H](Cc1c[nH]c2ccccc12)C(=O)N[C@@H](C)C(=O)N[C@@H](Cc1ccccc1)C(=O)NCC(=O)O. The number of fused-ring (bicyclic) bond motifs is 1. The molecule has 0 aliphatic carbocycles. The van der Waals surface area contributed by atoms with E-state index >= 15 is 0 Å². The minimum absolute atomic E-state index is 0.00381. The van der Waals surface area contributed by atoms with Crippen molar-refractivity contribution in [3.8, 4) is 5.75 Å². The maximum Gasteiger partial charge on any atom is 0.322 e. The van der Waals surface area contributed by atoms with Crippen molar-refractivity contribution in [3.63, 3.8) is 0 Å². The van der Waals surface area contributed by atoms with Gasteiger partial charge in [0.2, 0.25) is 59.1 Å². The zero-order valence-corrected chi connectivity index (χ0v) is 53.7.